The molecule has 2 aromatic heterocycles. The number of nitrogens with zero attached hydrogens (tertiary/aromatic N) is 5. The van der Waals surface area contributed by atoms with Crippen molar-refractivity contribution in [3.8, 4) is 12.1 Å². The quantitative estimate of drug-likeness (QED) is 0.120. The fourth-order valence-electron chi connectivity index (χ4n) is 5.17. The van der Waals surface area contributed by atoms with Gasteiger partial charge in [-0.3, -0.25) is 9.99 Å². The van der Waals surface area contributed by atoms with Gasteiger partial charge >= 0.3 is 0 Å². The second-order valence-electron chi connectivity index (χ2n) is 10.4. The molecule has 2 atom stereocenters. The van der Waals surface area contributed by atoms with Crippen molar-refractivity contribution in [3.63, 3.8) is 0 Å². The lowest BCUT2D eigenvalue weighted by atomic mass is 9.99. The maximum atomic E-state index is 15.1. The molecule has 2 aliphatic rings. The third kappa shape index (κ3) is 5.62. The first-order valence-corrected chi connectivity index (χ1v) is 14.1. The van der Waals surface area contributed by atoms with Crippen molar-refractivity contribution >= 4 is 33.9 Å². The minimum atomic E-state index is -2.08. The van der Waals surface area contributed by atoms with E-state index in [1.165, 1.54) is 24.5 Å². The highest BCUT2D eigenvalue weighted by Crippen LogP contribution is 2.39. The molecule has 1 fully saturated rings. The number of benzene rings is 2. The SMILES string of the molecule is N#CCC[C@@H](Nc1c(C#N)cnc2c(Cl)cc(N[C@](O)(C3=CN(C4CC4)NN3)c3cccnc3F)cc12)c1ccccc1. The Labute approximate surface area is 252 Å². The molecule has 3 heterocycles. The van der Waals surface area contributed by atoms with E-state index in [1.807, 2.05) is 35.3 Å². The van der Waals surface area contributed by atoms with Gasteiger partial charge in [-0.25, -0.2) is 4.98 Å². The van der Waals surface area contributed by atoms with E-state index in [0.717, 1.165) is 18.4 Å². The van der Waals surface area contributed by atoms with Gasteiger partial charge in [0.2, 0.25) is 11.7 Å². The van der Waals surface area contributed by atoms with E-state index >= 15 is 4.39 Å². The molecule has 0 spiro atoms. The summed E-state index contributed by atoms with van der Waals surface area (Å²) in [4.78, 5) is 8.18. The van der Waals surface area contributed by atoms with E-state index in [1.54, 1.807) is 18.3 Å². The maximum Gasteiger partial charge on any atom is 0.221 e. The van der Waals surface area contributed by atoms with Crippen LogP contribution >= 0.6 is 11.6 Å². The number of nitriles is 2. The summed E-state index contributed by atoms with van der Waals surface area (Å²) in [5.74, 6) is -0.851. The van der Waals surface area contributed by atoms with Crippen molar-refractivity contribution in [1.29, 1.82) is 10.5 Å². The van der Waals surface area contributed by atoms with Crippen LogP contribution in [0.1, 0.15) is 48.4 Å². The Balaban J connectivity index is 1.45. The number of aromatic nitrogens is 2. The summed E-state index contributed by atoms with van der Waals surface area (Å²) in [5.41, 5.74) is 6.50. The highest BCUT2D eigenvalue weighted by atomic mass is 35.5. The Hall–Kier alpha value is -4.94. The second kappa shape index (κ2) is 11.7. The molecule has 0 amide bonds. The molecule has 6 rings (SSSR count). The first-order valence-electron chi connectivity index (χ1n) is 13.8. The molecular weight excluding hydrogens is 569 g/mol. The highest BCUT2D eigenvalue weighted by molar-refractivity contribution is 6.35. The van der Waals surface area contributed by atoms with E-state index in [4.69, 9.17) is 11.6 Å². The van der Waals surface area contributed by atoms with Crippen LogP contribution in [0.15, 0.2) is 78.9 Å². The van der Waals surface area contributed by atoms with E-state index in [0.29, 0.717) is 35.1 Å². The number of hydrazine groups is 2. The molecule has 4 aromatic rings. The van der Waals surface area contributed by atoms with Crippen LogP contribution in [0.3, 0.4) is 0 Å². The average Bonchev–Trinajstić information content (AvgIpc) is 3.75. The van der Waals surface area contributed by atoms with Crippen LogP contribution in [0.5, 0.6) is 0 Å². The van der Waals surface area contributed by atoms with Gasteiger partial charge in [-0.2, -0.15) is 14.9 Å². The highest BCUT2D eigenvalue weighted by Gasteiger charge is 2.42. The van der Waals surface area contributed by atoms with Crippen molar-refractivity contribution in [2.24, 2.45) is 0 Å². The number of hydrogen-bond donors (Lipinski definition) is 5. The van der Waals surface area contributed by atoms with Gasteiger partial charge in [0.15, 0.2) is 0 Å². The van der Waals surface area contributed by atoms with Crippen LogP contribution in [0.4, 0.5) is 15.8 Å². The molecule has 0 radical (unpaired) electrons. The summed E-state index contributed by atoms with van der Waals surface area (Å²) >= 11 is 6.73. The summed E-state index contributed by atoms with van der Waals surface area (Å²) < 4.78 is 15.1. The minimum Gasteiger partial charge on any atom is -0.377 e. The summed E-state index contributed by atoms with van der Waals surface area (Å²) in [6.45, 7) is 0. The molecule has 1 aliphatic heterocycles. The van der Waals surface area contributed by atoms with Gasteiger partial charge in [0.25, 0.3) is 0 Å². The fraction of sp³-hybridized carbons (Fsp3) is 0.226. The number of nitrogens with one attached hydrogen (secondary N) is 4. The number of anilines is 2. The second-order valence-corrected chi connectivity index (χ2v) is 10.8. The van der Waals surface area contributed by atoms with Gasteiger partial charge in [-0.05, 0) is 49.1 Å². The first kappa shape index (κ1) is 28.2. The molecule has 0 bridgehead atoms. The third-order valence-corrected chi connectivity index (χ3v) is 7.79. The molecule has 2 aromatic carbocycles. The zero-order valence-corrected chi connectivity index (χ0v) is 23.6. The lowest BCUT2D eigenvalue weighted by Crippen LogP contribution is -2.45. The van der Waals surface area contributed by atoms with Crippen LogP contribution in [0.25, 0.3) is 10.9 Å². The van der Waals surface area contributed by atoms with Crippen LogP contribution < -0.4 is 21.6 Å². The molecule has 5 N–H and O–H groups in total. The topological polar surface area (TPSA) is 145 Å². The van der Waals surface area contributed by atoms with E-state index < -0.39 is 11.7 Å². The van der Waals surface area contributed by atoms with Gasteiger partial charge in [0.1, 0.15) is 11.8 Å². The summed E-state index contributed by atoms with van der Waals surface area (Å²) in [6.07, 6.45) is 7.22. The number of hydrogen-bond acceptors (Lipinski definition) is 10. The van der Waals surface area contributed by atoms with Crippen molar-refractivity contribution < 1.29 is 9.50 Å². The molecule has 0 unspecified atom stereocenters. The van der Waals surface area contributed by atoms with E-state index in [2.05, 4.69) is 43.7 Å². The molecule has 43 heavy (non-hydrogen) atoms. The predicted molar refractivity (Wildman–Crippen MR) is 160 cm³/mol. The fourth-order valence-corrected chi connectivity index (χ4v) is 5.44. The Morgan fingerprint density at radius 3 is 2.70 bits per heavy atom. The van der Waals surface area contributed by atoms with E-state index in [-0.39, 0.29) is 33.9 Å². The van der Waals surface area contributed by atoms with Crippen LogP contribution in [-0.2, 0) is 5.72 Å². The van der Waals surface area contributed by atoms with Gasteiger partial charge in [-0.1, -0.05) is 41.9 Å². The minimum absolute atomic E-state index is 0.104. The normalized spacial score (nSPS) is 16.4. The summed E-state index contributed by atoms with van der Waals surface area (Å²) in [6, 6.07) is 20.3. The van der Waals surface area contributed by atoms with Gasteiger partial charge < -0.3 is 21.2 Å². The predicted octanol–water partition coefficient (Wildman–Crippen LogP) is 5.34. The number of rotatable bonds is 10. The standard InChI is InChI=1S/C31H27ClFN9O/c32-25-15-21(39-31(43,24-8-5-13-36-30(24)33)27-18-42(41-40-27)22-10-11-22)14-23-28(20(16-35)17-37-29(23)25)38-26(9-4-12-34)19-6-2-1-3-7-19/h1-3,5-8,13-15,17-18,22,26,39-41,43H,4,9-11H2,(H,37,38)/t26-,31-/m1/s1. The van der Waals surface area contributed by atoms with Crippen LogP contribution in [0, 0.1) is 28.6 Å². The zero-order chi connectivity index (χ0) is 30.0. The van der Waals surface area contributed by atoms with Crippen molar-refractivity contribution in [2.45, 2.75) is 43.5 Å². The average molecular weight is 596 g/mol. The van der Waals surface area contributed by atoms with Gasteiger partial charge in [0, 0.05) is 42.1 Å². The molecular formula is C31H27ClFN9O. The lowest BCUT2D eigenvalue weighted by molar-refractivity contribution is 0.0936. The van der Waals surface area contributed by atoms with Crippen LogP contribution in [-0.4, -0.2) is 26.1 Å². The number of halogens is 2. The molecule has 1 saturated carbocycles. The summed E-state index contributed by atoms with van der Waals surface area (Å²) in [5, 5.41) is 40.5. The Kier molecular flexibility index (Phi) is 7.70. The third-order valence-electron chi connectivity index (χ3n) is 7.50. The van der Waals surface area contributed by atoms with Crippen LogP contribution in [0.2, 0.25) is 5.02 Å². The largest absolute Gasteiger partial charge is 0.377 e. The van der Waals surface area contributed by atoms with Crippen molar-refractivity contribution in [2.75, 3.05) is 10.6 Å². The first-order chi connectivity index (χ1) is 20.9. The Morgan fingerprint density at radius 2 is 1.98 bits per heavy atom. The van der Waals surface area contributed by atoms with Gasteiger partial charge in [-0.15, -0.1) is 5.53 Å². The Bertz CT molecular complexity index is 1780. The van der Waals surface area contributed by atoms with Crippen molar-refractivity contribution in [1.82, 2.24) is 25.9 Å². The molecule has 1 aliphatic carbocycles. The van der Waals surface area contributed by atoms with Crippen molar-refractivity contribution in [3.05, 3.63) is 107 Å². The zero-order valence-electron chi connectivity index (χ0n) is 22.9. The monoisotopic (exact) mass is 595 g/mol. The van der Waals surface area contributed by atoms with E-state index in [9.17, 15) is 15.6 Å². The smallest absolute Gasteiger partial charge is 0.221 e. The molecule has 0 saturated heterocycles. The number of fused-ring (bicyclic) bond motifs is 1. The number of pyridine rings is 2. The Morgan fingerprint density at radius 1 is 1.16 bits per heavy atom. The summed E-state index contributed by atoms with van der Waals surface area (Å²) in [7, 11) is 0. The maximum absolute atomic E-state index is 15.1. The number of aliphatic hydroxyl groups is 1. The molecule has 216 valence electrons. The van der Waals surface area contributed by atoms with Gasteiger partial charge in [0.05, 0.1) is 39.5 Å². The lowest BCUT2D eigenvalue weighted by Gasteiger charge is -2.31. The molecule has 10 nitrogen and oxygen atoms in total. The molecule has 12 heteroatoms.